The molecule has 62 heavy (non-hydrogen) atoms. The van der Waals surface area contributed by atoms with Gasteiger partial charge in [-0.15, -0.1) is 0 Å². The number of aromatic amines is 1. The highest BCUT2D eigenvalue weighted by molar-refractivity contribution is 7.90. The number of sulfonamides is 1. The molecule has 3 aromatic carbocycles. The number of allylic oxidation sites excluding steroid dienone is 1. The van der Waals surface area contributed by atoms with Crippen molar-refractivity contribution in [1.82, 2.24) is 19.6 Å². The van der Waals surface area contributed by atoms with Gasteiger partial charge in [0.2, 0.25) is 0 Å². The van der Waals surface area contributed by atoms with E-state index in [-0.39, 0.29) is 34.9 Å². The van der Waals surface area contributed by atoms with Crippen LogP contribution >= 0.6 is 11.6 Å². The number of aromatic nitrogens is 2. The van der Waals surface area contributed by atoms with Crippen molar-refractivity contribution in [3.8, 4) is 11.5 Å². The third-order valence-corrected chi connectivity index (χ3v) is 13.8. The Labute approximate surface area is 364 Å². The Morgan fingerprint density at radius 3 is 2.61 bits per heavy atom. The van der Waals surface area contributed by atoms with Gasteiger partial charge in [0.15, 0.2) is 0 Å². The Kier molecular flexibility index (Phi) is 12.0. The lowest BCUT2D eigenvalue weighted by molar-refractivity contribution is -0.385. The maximum atomic E-state index is 13.9. The van der Waals surface area contributed by atoms with Gasteiger partial charge in [-0.25, -0.2) is 18.1 Å². The Hall–Kier alpha value is -5.42. The SMILES string of the molecule is O=C(NS(=O)(=O)c1ccc(CCC2COCCO2)c([N+](=O)[O-])c1)c1ccc(C2=CCN(CC3=C(c4ccc(Cl)cc4)CC4(CC3)COC4)CC2)cc1Oc1cnc2[nH]ccc2c1. The summed E-state index contributed by atoms with van der Waals surface area (Å²) < 4.78 is 52.5. The van der Waals surface area contributed by atoms with Crippen LogP contribution in [-0.4, -0.2) is 92.9 Å². The first-order valence-corrected chi connectivity index (χ1v) is 22.6. The van der Waals surface area contributed by atoms with Crippen molar-refractivity contribution in [3.05, 3.63) is 134 Å². The summed E-state index contributed by atoms with van der Waals surface area (Å²) in [4.78, 5) is 34.9. The Balaban J connectivity index is 0.949. The fourth-order valence-electron chi connectivity index (χ4n) is 8.76. The zero-order valence-electron chi connectivity index (χ0n) is 33.9. The number of halogens is 1. The van der Waals surface area contributed by atoms with Crippen LogP contribution in [0.25, 0.3) is 22.2 Å². The number of ether oxygens (including phenoxy) is 4. The summed E-state index contributed by atoms with van der Waals surface area (Å²) in [6, 6.07) is 20.5. The highest BCUT2D eigenvalue weighted by Crippen LogP contribution is 2.48. The predicted molar refractivity (Wildman–Crippen MR) is 234 cm³/mol. The third kappa shape index (κ3) is 9.19. The Morgan fingerprint density at radius 2 is 1.87 bits per heavy atom. The zero-order chi connectivity index (χ0) is 42.8. The number of nitro benzene ring substituents is 1. The Morgan fingerprint density at radius 1 is 1.03 bits per heavy atom. The van der Waals surface area contributed by atoms with E-state index in [1.807, 2.05) is 18.2 Å². The minimum Gasteiger partial charge on any atom is -0.455 e. The number of H-pyrrole nitrogens is 1. The lowest BCUT2D eigenvalue weighted by Gasteiger charge is -2.46. The van der Waals surface area contributed by atoms with Crippen molar-refractivity contribution in [1.29, 1.82) is 0 Å². The number of fused-ring (bicyclic) bond motifs is 1. The van der Waals surface area contributed by atoms with Crippen LogP contribution in [0, 0.1) is 15.5 Å². The molecule has 14 nitrogen and oxygen atoms in total. The third-order valence-electron chi connectivity index (χ3n) is 12.3. The number of aryl methyl sites for hydroxylation is 1. The number of nitrogens with zero attached hydrogens (tertiary/aromatic N) is 3. The van der Waals surface area contributed by atoms with E-state index in [1.54, 1.807) is 30.5 Å². The number of benzene rings is 3. The minimum absolute atomic E-state index is 0.0426. The van der Waals surface area contributed by atoms with E-state index in [0.29, 0.717) is 43.2 Å². The summed E-state index contributed by atoms with van der Waals surface area (Å²) in [5.74, 6) is -0.488. The highest BCUT2D eigenvalue weighted by atomic mass is 35.5. The van der Waals surface area contributed by atoms with Crippen LogP contribution in [0.3, 0.4) is 0 Å². The molecule has 1 atom stereocenters. The molecule has 1 unspecified atom stereocenters. The average molecular weight is 880 g/mol. The molecule has 2 fully saturated rings. The number of nitro groups is 1. The van der Waals surface area contributed by atoms with E-state index < -0.39 is 25.7 Å². The van der Waals surface area contributed by atoms with Gasteiger partial charge < -0.3 is 23.9 Å². The van der Waals surface area contributed by atoms with E-state index in [0.717, 1.165) is 86.1 Å². The van der Waals surface area contributed by atoms with Gasteiger partial charge in [0.25, 0.3) is 21.6 Å². The van der Waals surface area contributed by atoms with Gasteiger partial charge in [-0.05, 0) is 103 Å². The number of amides is 1. The van der Waals surface area contributed by atoms with Crippen molar-refractivity contribution in [2.24, 2.45) is 5.41 Å². The summed E-state index contributed by atoms with van der Waals surface area (Å²) >= 11 is 6.25. The van der Waals surface area contributed by atoms with Crippen LogP contribution in [0.1, 0.15) is 59.2 Å². The lowest BCUT2D eigenvalue weighted by atomic mass is 9.68. The topological polar surface area (TPSA) is 175 Å². The van der Waals surface area contributed by atoms with Crippen molar-refractivity contribution < 1.29 is 37.1 Å². The molecule has 3 aliphatic heterocycles. The van der Waals surface area contributed by atoms with E-state index in [9.17, 15) is 23.3 Å². The quantitative estimate of drug-likeness (QED) is 0.0863. The number of nitrogens with one attached hydrogen (secondary N) is 2. The molecule has 2 aromatic heterocycles. The van der Waals surface area contributed by atoms with Crippen molar-refractivity contribution >= 4 is 55.4 Å². The van der Waals surface area contributed by atoms with Crippen LogP contribution in [0.4, 0.5) is 5.69 Å². The van der Waals surface area contributed by atoms with E-state index >= 15 is 0 Å². The second-order valence-corrected chi connectivity index (χ2v) is 18.6. The predicted octanol–water partition coefficient (Wildman–Crippen LogP) is 8.13. The summed E-state index contributed by atoms with van der Waals surface area (Å²) in [6.45, 7) is 5.32. The molecule has 5 aromatic rings. The molecule has 9 rings (SSSR count). The molecule has 1 aliphatic carbocycles. The number of carbonyl (C=O) groups excluding carboxylic acids is 1. The molecular weight excluding hydrogens is 834 g/mol. The van der Waals surface area contributed by atoms with Gasteiger partial charge in [0.1, 0.15) is 17.1 Å². The molecule has 0 saturated carbocycles. The zero-order valence-corrected chi connectivity index (χ0v) is 35.5. The maximum Gasteiger partial charge on any atom is 0.273 e. The van der Waals surface area contributed by atoms with E-state index in [2.05, 4.69) is 37.8 Å². The van der Waals surface area contributed by atoms with Crippen LogP contribution < -0.4 is 9.46 Å². The molecule has 2 N–H and O–H groups in total. The van der Waals surface area contributed by atoms with Gasteiger partial charge in [0, 0.05) is 53.3 Å². The largest absolute Gasteiger partial charge is 0.455 e. The fourth-order valence-corrected chi connectivity index (χ4v) is 9.87. The monoisotopic (exact) mass is 879 g/mol. The second kappa shape index (κ2) is 17.8. The first kappa shape index (κ1) is 41.9. The van der Waals surface area contributed by atoms with Crippen LogP contribution in [0.2, 0.25) is 5.02 Å². The molecule has 16 heteroatoms. The summed E-state index contributed by atoms with van der Waals surface area (Å²) in [5, 5.41) is 13.6. The number of hydrogen-bond acceptors (Lipinski definition) is 11. The molecule has 322 valence electrons. The summed E-state index contributed by atoms with van der Waals surface area (Å²) in [6.07, 6.45) is 9.87. The van der Waals surface area contributed by atoms with Gasteiger partial charge in [-0.3, -0.25) is 19.8 Å². The fraction of sp³-hybridized carbons (Fsp3) is 0.348. The molecule has 4 aliphatic rings. The number of hydrogen-bond donors (Lipinski definition) is 2. The van der Waals surface area contributed by atoms with Gasteiger partial charge in [-0.1, -0.05) is 47.5 Å². The molecule has 0 radical (unpaired) electrons. The van der Waals surface area contributed by atoms with Gasteiger partial charge in [0.05, 0.1) is 60.7 Å². The molecule has 5 heterocycles. The standard InChI is InChI=1S/C46H46ClN5O9S/c47-36-6-1-31(2-7-36)41-24-46(28-59-29-46)15-11-35(41)26-51-17-13-30(14-18-51)33-5-10-40(43(22-33)61-38-21-34-12-16-48-44(34)49-25-38)45(53)50-62(56,57)39-9-4-32(42(23-39)52(54)55)3-8-37-27-58-19-20-60-37/h1-2,4-7,9-10,12-13,16,21-23,25,37H,3,8,11,14-15,17-20,24,26-29H2,(H,48,49)(H,50,53). The number of carbonyl (C=O) groups is 1. The maximum absolute atomic E-state index is 13.9. The van der Waals surface area contributed by atoms with Crippen molar-refractivity contribution in [2.45, 2.75) is 49.5 Å². The van der Waals surface area contributed by atoms with Gasteiger partial charge >= 0.3 is 0 Å². The smallest absolute Gasteiger partial charge is 0.273 e. The Bertz CT molecular complexity index is 2690. The summed E-state index contributed by atoms with van der Waals surface area (Å²) in [5.41, 5.74) is 6.76. The molecule has 1 spiro atoms. The minimum atomic E-state index is -4.56. The normalized spacial score (nSPS) is 19.2. The lowest BCUT2D eigenvalue weighted by Crippen LogP contribution is -2.45. The first-order chi connectivity index (χ1) is 30.0. The summed E-state index contributed by atoms with van der Waals surface area (Å²) in [7, 11) is -4.56. The number of pyridine rings is 1. The first-order valence-electron chi connectivity index (χ1n) is 20.8. The van der Waals surface area contributed by atoms with Crippen LogP contribution in [0.15, 0.2) is 102 Å². The average Bonchev–Trinajstić information content (AvgIpc) is 3.74. The molecular formula is C46H46ClN5O9S. The van der Waals surface area contributed by atoms with Crippen LogP contribution in [-0.2, 0) is 30.7 Å². The van der Waals surface area contributed by atoms with Crippen molar-refractivity contribution in [2.75, 3.05) is 52.7 Å². The van der Waals surface area contributed by atoms with E-state index in [1.165, 1.54) is 35.0 Å². The molecule has 2 saturated heterocycles. The molecule has 1 amide bonds. The van der Waals surface area contributed by atoms with E-state index in [4.69, 9.17) is 30.5 Å². The second-order valence-electron chi connectivity index (χ2n) is 16.5. The van der Waals surface area contributed by atoms with Crippen LogP contribution in [0.5, 0.6) is 11.5 Å². The molecule has 0 bridgehead atoms. The highest BCUT2D eigenvalue weighted by Gasteiger charge is 2.42. The van der Waals surface area contributed by atoms with Crippen molar-refractivity contribution in [3.63, 3.8) is 0 Å². The van der Waals surface area contributed by atoms with Gasteiger partial charge in [-0.2, -0.15) is 0 Å². The number of rotatable bonds is 13.